The lowest BCUT2D eigenvalue weighted by Gasteiger charge is -1.97. The molecule has 2 aromatic rings. The Labute approximate surface area is 85.5 Å². The zero-order valence-corrected chi connectivity index (χ0v) is 8.84. The van der Waals surface area contributed by atoms with Crippen LogP contribution in [-0.4, -0.2) is 0 Å². The van der Waals surface area contributed by atoms with Crippen molar-refractivity contribution in [2.45, 2.75) is 6.92 Å². The van der Waals surface area contributed by atoms with Crippen LogP contribution in [0.1, 0.15) is 5.56 Å². The van der Waals surface area contributed by atoms with Crippen molar-refractivity contribution < 1.29 is 4.42 Å². The van der Waals surface area contributed by atoms with Gasteiger partial charge in [-0.15, -0.1) is 0 Å². The van der Waals surface area contributed by atoms with Gasteiger partial charge in [-0.05, 0) is 41.1 Å². The lowest BCUT2D eigenvalue weighted by Crippen LogP contribution is -1.74. The monoisotopic (exact) mass is 236 g/mol. The van der Waals surface area contributed by atoms with Crippen LogP contribution in [0.3, 0.4) is 0 Å². The predicted octanol–water partition coefficient (Wildman–Crippen LogP) is 4.02. The van der Waals surface area contributed by atoms with Gasteiger partial charge in [-0.3, -0.25) is 0 Å². The lowest BCUT2D eigenvalue weighted by molar-refractivity contribution is 0.556. The SMILES string of the molecule is Cc1cccc(-c2ccc(Br)o2)c1. The lowest BCUT2D eigenvalue weighted by atomic mass is 10.1. The number of benzene rings is 1. The maximum absolute atomic E-state index is 5.44. The van der Waals surface area contributed by atoms with Gasteiger partial charge in [0.15, 0.2) is 4.67 Å². The average Bonchev–Trinajstić information content (AvgIpc) is 2.52. The molecule has 0 spiro atoms. The Kier molecular flexibility index (Phi) is 2.23. The van der Waals surface area contributed by atoms with Crippen LogP contribution in [0.2, 0.25) is 0 Å². The van der Waals surface area contributed by atoms with E-state index in [0.717, 1.165) is 16.0 Å². The third-order valence-electron chi connectivity index (χ3n) is 1.88. The van der Waals surface area contributed by atoms with E-state index in [2.05, 4.69) is 35.0 Å². The van der Waals surface area contributed by atoms with Gasteiger partial charge in [0.25, 0.3) is 0 Å². The standard InChI is InChI=1S/C11H9BrO/c1-8-3-2-4-9(7-8)10-5-6-11(12)13-10/h2-7H,1H3. The number of hydrogen-bond donors (Lipinski definition) is 0. The summed E-state index contributed by atoms with van der Waals surface area (Å²) in [7, 11) is 0. The molecule has 1 aromatic carbocycles. The summed E-state index contributed by atoms with van der Waals surface area (Å²) in [5, 5.41) is 0. The Hall–Kier alpha value is -1.02. The molecule has 0 aliphatic carbocycles. The maximum Gasteiger partial charge on any atom is 0.169 e. The highest BCUT2D eigenvalue weighted by molar-refractivity contribution is 9.10. The molecule has 0 aliphatic rings. The Morgan fingerprint density at radius 1 is 1.15 bits per heavy atom. The molecule has 2 heteroatoms. The Morgan fingerprint density at radius 2 is 2.00 bits per heavy atom. The molecular formula is C11H9BrO. The molecular weight excluding hydrogens is 228 g/mol. The molecule has 1 aromatic heterocycles. The predicted molar refractivity (Wildman–Crippen MR) is 56.6 cm³/mol. The fourth-order valence-electron chi connectivity index (χ4n) is 1.27. The largest absolute Gasteiger partial charge is 0.449 e. The Morgan fingerprint density at radius 3 is 2.62 bits per heavy atom. The molecule has 0 fully saturated rings. The van der Waals surface area contributed by atoms with Crippen molar-refractivity contribution in [1.29, 1.82) is 0 Å². The van der Waals surface area contributed by atoms with Crippen molar-refractivity contribution in [3.05, 3.63) is 46.6 Å². The third kappa shape index (κ3) is 1.83. The van der Waals surface area contributed by atoms with Gasteiger partial charge in [0.2, 0.25) is 0 Å². The van der Waals surface area contributed by atoms with Crippen LogP contribution in [0.25, 0.3) is 11.3 Å². The van der Waals surface area contributed by atoms with Crippen molar-refractivity contribution in [3.8, 4) is 11.3 Å². The molecule has 0 bridgehead atoms. The van der Waals surface area contributed by atoms with Gasteiger partial charge < -0.3 is 4.42 Å². The van der Waals surface area contributed by atoms with E-state index >= 15 is 0 Å². The van der Waals surface area contributed by atoms with Gasteiger partial charge >= 0.3 is 0 Å². The van der Waals surface area contributed by atoms with Gasteiger partial charge in [-0.2, -0.15) is 0 Å². The molecule has 0 radical (unpaired) electrons. The molecule has 0 aliphatic heterocycles. The van der Waals surface area contributed by atoms with Crippen LogP contribution < -0.4 is 0 Å². The second-order valence-corrected chi connectivity index (χ2v) is 3.75. The topological polar surface area (TPSA) is 13.1 Å². The molecule has 0 amide bonds. The quantitative estimate of drug-likeness (QED) is 0.730. The maximum atomic E-state index is 5.44. The van der Waals surface area contributed by atoms with E-state index in [4.69, 9.17) is 4.42 Å². The molecule has 66 valence electrons. The second kappa shape index (κ2) is 3.38. The van der Waals surface area contributed by atoms with Crippen molar-refractivity contribution in [1.82, 2.24) is 0 Å². The first kappa shape index (κ1) is 8.57. The molecule has 2 rings (SSSR count). The zero-order chi connectivity index (χ0) is 9.26. The van der Waals surface area contributed by atoms with Crippen LogP contribution in [0, 0.1) is 6.92 Å². The van der Waals surface area contributed by atoms with E-state index in [1.54, 1.807) is 0 Å². The highest BCUT2D eigenvalue weighted by atomic mass is 79.9. The first-order valence-electron chi connectivity index (χ1n) is 4.08. The summed E-state index contributed by atoms with van der Waals surface area (Å²) in [5.41, 5.74) is 2.36. The van der Waals surface area contributed by atoms with E-state index in [9.17, 15) is 0 Å². The molecule has 1 heterocycles. The molecule has 0 saturated carbocycles. The van der Waals surface area contributed by atoms with Crippen LogP contribution in [0.15, 0.2) is 45.5 Å². The second-order valence-electron chi connectivity index (χ2n) is 2.97. The van der Waals surface area contributed by atoms with E-state index in [-0.39, 0.29) is 0 Å². The summed E-state index contributed by atoms with van der Waals surface area (Å²) in [5.74, 6) is 0.899. The molecule has 13 heavy (non-hydrogen) atoms. The molecule has 1 nitrogen and oxygen atoms in total. The van der Waals surface area contributed by atoms with Gasteiger partial charge in [-0.1, -0.05) is 23.8 Å². The van der Waals surface area contributed by atoms with Crippen molar-refractivity contribution in [3.63, 3.8) is 0 Å². The molecule has 0 saturated heterocycles. The summed E-state index contributed by atoms with van der Waals surface area (Å²) < 4.78 is 6.21. The zero-order valence-electron chi connectivity index (χ0n) is 7.25. The number of rotatable bonds is 1. The van der Waals surface area contributed by atoms with Gasteiger partial charge in [0.05, 0.1) is 0 Å². The minimum atomic E-state index is 0.768. The summed E-state index contributed by atoms with van der Waals surface area (Å²) in [4.78, 5) is 0. The molecule has 0 N–H and O–H groups in total. The van der Waals surface area contributed by atoms with Gasteiger partial charge in [-0.25, -0.2) is 0 Å². The minimum Gasteiger partial charge on any atom is -0.449 e. The Bertz CT molecular complexity index is 418. The summed E-state index contributed by atoms with van der Waals surface area (Å²) in [6, 6.07) is 12.1. The minimum absolute atomic E-state index is 0.768. The van der Waals surface area contributed by atoms with E-state index in [1.165, 1.54) is 5.56 Å². The highest BCUT2D eigenvalue weighted by Crippen LogP contribution is 2.25. The van der Waals surface area contributed by atoms with Crippen molar-refractivity contribution >= 4 is 15.9 Å². The normalized spacial score (nSPS) is 10.3. The van der Waals surface area contributed by atoms with Crippen LogP contribution in [0.4, 0.5) is 0 Å². The van der Waals surface area contributed by atoms with Crippen LogP contribution >= 0.6 is 15.9 Å². The highest BCUT2D eigenvalue weighted by Gasteiger charge is 2.01. The first-order valence-corrected chi connectivity index (χ1v) is 4.87. The van der Waals surface area contributed by atoms with Crippen LogP contribution in [0.5, 0.6) is 0 Å². The smallest absolute Gasteiger partial charge is 0.169 e. The number of halogens is 1. The van der Waals surface area contributed by atoms with Gasteiger partial charge in [0.1, 0.15) is 5.76 Å². The van der Waals surface area contributed by atoms with Crippen molar-refractivity contribution in [2.75, 3.05) is 0 Å². The number of aryl methyl sites for hydroxylation is 1. The summed E-state index contributed by atoms with van der Waals surface area (Å²) in [6.45, 7) is 2.07. The summed E-state index contributed by atoms with van der Waals surface area (Å²) in [6.07, 6.45) is 0. The van der Waals surface area contributed by atoms with Crippen molar-refractivity contribution in [2.24, 2.45) is 0 Å². The fraction of sp³-hybridized carbons (Fsp3) is 0.0909. The first-order chi connectivity index (χ1) is 6.25. The number of hydrogen-bond acceptors (Lipinski definition) is 1. The molecule has 0 atom stereocenters. The fourth-order valence-corrected chi connectivity index (χ4v) is 1.57. The molecule has 0 unspecified atom stereocenters. The average molecular weight is 237 g/mol. The number of furan rings is 1. The van der Waals surface area contributed by atoms with Gasteiger partial charge in [0, 0.05) is 5.56 Å². The Balaban J connectivity index is 2.46. The van der Waals surface area contributed by atoms with E-state index < -0.39 is 0 Å². The summed E-state index contributed by atoms with van der Waals surface area (Å²) >= 11 is 3.28. The van der Waals surface area contributed by atoms with E-state index in [1.807, 2.05) is 24.3 Å². The van der Waals surface area contributed by atoms with E-state index in [0.29, 0.717) is 0 Å². The third-order valence-corrected chi connectivity index (χ3v) is 2.30. The van der Waals surface area contributed by atoms with Crippen LogP contribution in [-0.2, 0) is 0 Å².